The summed E-state index contributed by atoms with van der Waals surface area (Å²) in [6, 6.07) is 0. The van der Waals surface area contributed by atoms with Gasteiger partial charge in [0.1, 0.15) is 0 Å². The van der Waals surface area contributed by atoms with Crippen LogP contribution in [0.2, 0.25) is 0 Å². The molecular weight excluding hydrogens is 263 g/mol. The van der Waals surface area contributed by atoms with Gasteiger partial charge < -0.3 is 9.13 Å². The van der Waals surface area contributed by atoms with Crippen LogP contribution in [0.3, 0.4) is 0 Å². The third kappa shape index (κ3) is 2.04. The molecule has 0 aromatic carbocycles. The van der Waals surface area contributed by atoms with Crippen LogP contribution in [0.25, 0.3) is 0 Å². The fraction of sp³-hybridized carbons (Fsp3) is 0.500. The van der Waals surface area contributed by atoms with E-state index in [1.54, 1.807) is 6.92 Å². The molecule has 13 heavy (non-hydrogen) atoms. The molecule has 0 aliphatic heterocycles. The summed E-state index contributed by atoms with van der Waals surface area (Å²) in [6.45, 7) is 1.85. The topological polar surface area (TPSA) is 75.2 Å². The summed E-state index contributed by atoms with van der Waals surface area (Å²) in [4.78, 5) is 35.9. The van der Waals surface area contributed by atoms with Gasteiger partial charge in [0.25, 0.3) is 0 Å². The maximum atomic E-state index is 11.1. The van der Waals surface area contributed by atoms with E-state index >= 15 is 0 Å². The van der Waals surface area contributed by atoms with Crippen molar-refractivity contribution in [1.82, 2.24) is 14.1 Å². The molecule has 0 spiro atoms. The van der Waals surface area contributed by atoms with Gasteiger partial charge in [-0.3, -0.25) is 19.4 Å². The summed E-state index contributed by atoms with van der Waals surface area (Å²) in [7, 11) is 1.28. The van der Waals surface area contributed by atoms with Gasteiger partial charge in [0.2, 0.25) is 17.1 Å². The molecule has 1 aromatic heterocycles. The zero-order valence-electron chi connectivity index (χ0n) is 7.13. The van der Waals surface area contributed by atoms with E-state index in [1.165, 1.54) is 7.05 Å². The fourth-order valence-electron chi connectivity index (χ4n) is 0.832. The summed E-state index contributed by atoms with van der Waals surface area (Å²) in [5.41, 5.74) is -2.22. The molecule has 0 fully saturated rings. The molecule has 0 amide bonds. The molecule has 0 saturated carbocycles. The molecule has 0 aliphatic rings. The SMILES string of the molecule is CCn1c(=O)[n-]c(=O)n(C)c1=O.[Ru+]. The summed E-state index contributed by atoms with van der Waals surface area (Å²) in [6.07, 6.45) is 0. The van der Waals surface area contributed by atoms with Crippen molar-refractivity contribution < 1.29 is 19.5 Å². The molecule has 1 radical (unpaired) electrons. The van der Waals surface area contributed by atoms with Crippen LogP contribution >= 0.6 is 0 Å². The van der Waals surface area contributed by atoms with Gasteiger partial charge in [-0.25, -0.2) is 0 Å². The van der Waals surface area contributed by atoms with Crippen molar-refractivity contribution in [2.75, 3.05) is 0 Å². The molecule has 1 rings (SSSR count). The van der Waals surface area contributed by atoms with Crippen molar-refractivity contribution in [3.05, 3.63) is 31.5 Å². The first kappa shape index (κ1) is 12.0. The maximum absolute atomic E-state index is 11.1. The van der Waals surface area contributed by atoms with Gasteiger partial charge in [-0.2, -0.15) is 0 Å². The van der Waals surface area contributed by atoms with Crippen LogP contribution in [0.4, 0.5) is 0 Å². The van der Waals surface area contributed by atoms with Crippen molar-refractivity contribution in [2.24, 2.45) is 7.05 Å². The second-order valence-electron chi connectivity index (χ2n) is 2.26. The largest absolute Gasteiger partial charge is 1.00 e. The normalized spacial score (nSPS) is 9.38. The van der Waals surface area contributed by atoms with E-state index in [9.17, 15) is 14.4 Å². The number of nitrogens with zero attached hydrogens (tertiary/aromatic N) is 3. The van der Waals surface area contributed by atoms with E-state index in [0.717, 1.165) is 9.13 Å². The zero-order valence-corrected chi connectivity index (χ0v) is 8.87. The zero-order chi connectivity index (χ0) is 9.30. The first-order chi connectivity index (χ1) is 5.57. The average Bonchev–Trinajstić information content (AvgIpc) is 2.01. The Morgan fingerprint density at radius 2 is 1.77 bits per heavy atom. The van der Waals surface area contributed by atoms with Crippen LogP contribution in [-0.4, -0.2) is 9.13 Å². The molecule has 6 nitrogen and oxygen atoms in total. The summed E-state index contributed by atoms with van der Waals surface area (Å²) in [5, 5.41) is 0. The van der Waals surface area contributed by atoms with Crippen LogP contribution in [0.15, 0.2) is 14.4 Å². The van der Waals surface area contributed by atoms with E-state index in [1.807, 2.05) is 0 Å². The Morgan fingerprint density at radius 1 is 1.23 bits per heavy atom. The minimum Gasteiger partial charge on any atom is -0.334 e. The van der Waals surface area contributed by atoms with E-state index in [2.05, 4.69) is 4.98 Å². The van der Waals surface area contributed by atoms with Gasteiger partial charge in [0.15, 0.2) is 0 Å². The van der Waals surface area contributed by atoms with Gasteiger partial charge in [0, 0.05) is 0 Å². The van der Waals surface area contributed by atoms with E-state index in [-0.39, 0.29) is 26.0 Å². The van der Waals surface area contributed by atoms with Gasteiger partial charge >= 0.3 is 19.5 Å². The molecule has 0 unspecified atom stereocenters. The molecule has 0 aliphatic carbocycles. The van der Waals surface area contributed by atoms with Crippen LogP contribution < -0.4 is 22.1 Å². The Bertz CT molecular complexity index is 455. The smallest absolute Gasteiger partial charge is 0.334 e. The molecular formula is C6H8N3O3Ru. The van der Waals surface area contributed by atoms with E-state index in [0.29, 0.717) is 0 Å². The predicted octanol–water partition coefficient (Wildman–Crippen LogP) is -2.12. The monoisotopic (exact) mass is 272 g/mol. The number of hydrogen-bond acceptors (Lipinski definition) is 3. The Morgan fingerprint density at radius 3 is 2.23 bits per heavy atom. The number of hydrogen-bond donors (Lipinski definition) is 0. The average molecular weight is 271 g/mol. The summed E-state index contributed by atoms with van der Waals surface area (Å²) < 4.78 is 1.69. The Labute approximate surface area is 86.0 Å². The van der Waals surface area contributed by atoms with Crippen LogP contribution in [-0.2, 0) is 33.1 Å². The Kier molecular flexibility index (Phi) is 4.00. The molecule has 0 saturated heterocycles. The third-order valence-electron chi connectivity index (χ3n) is 1.54. The van der Waals surface area contributed by atoms with Crippen molar-refractivity contribution in [3.63, 3.8) is 0 Å². The fourth-order valence-corrected chi connectivity index (χ4v) is 0.832. The second-order valence-corrected chi connectivity index (χ2v) is 2.26. The first-order valence-electron chi connectivity index (χ1n) is 3.42. The molecule has 0 atom stereocenters. The minimum absolute atomic E-state index is 0. The van der Waals surface area contributed by atoms with E-state index in [4.69, 9.17) is 0 Å². The molecule has 0 bridgehead atoms. The van der Waals surface area contributed by atoms with Gasteiger partial charge in [0.05, 0.1) is 0 Å². The van der Waals surface area contributed by atoms with Crippen molar-refractivity contribution in [3.8, 4) is 0 Å². The molecule has 1 heterocycles. The quantitative estimate of drug-likeness (QED) is 0.547. The molecule has 7 heteroatoms. The van der Waals surface area contributed by atoms with Crippen LogP contribution in [0.5, 0.6) is 0 Å². The Balaban J connectivity index is 0.00000144. The summed E-state index contributed by atoms with van der Waals surface area (Å²) in [5.74, 6) is 0. The first-order valence-corrected chi connectivity index (χ1v) is 3.42. The van der Waals surface area contributed by atoms with Gasteiger partial charge in [-0.1, -0.05) is 6.92 Å². The second kappa shape index (κ2) is 4.32. The van der Waals surface area contributed by atoms with Gasteiger partial charge in [-0.05, 0) is 13.6 Å². The van der Waals surface area contributed by atoms with Gasteiger partial charge in [-0.15, -0.1) is 0 Å². The van der Waals surface area contributed by atoms with Crippen molar-refractivity contribution in [1.29, 1.82) is 0 Å². The summed E-state index contributed by atoms with van der Waals surface area (Å²) >= 11 is 0. The molecule has 0 N–H and O–H groups in total. The molecule has 73 valence electrons. The van der Waals surface area contributed by atoms with Crippen LogP contribution in [0.1, 0.15) is 6.92 Å². The molecule has 1 aromatic rings. The van der Waals surface area contributed by atoms with Crippen molar-refractivity contribution >= 4 is 0 Å². The number of rotatable bonds is 1. The predicted molar refractivity (Wildman–Crippen MR) is 41.2 cm³/mol. The standard InChI is InChI=1S/C6H9N3O3.Ru/c1-3-9-5(11)7-4(10)8(2)6(9)12;/h3H2,1-2H3,(H,7,10,11);/q;+1/p-1. The minimum atomic E-state index is -0.810. The van der Waals surface area contributed by atoms with Crippen molar-refractivity contribution in [2.45, 2.75) is 13.5 Å². The Hall–Kier alpha value is -0.967. The number of aromatic nitrogens is 3. The maximum Gasteiger partial charge on any atom is 1.00 e. The van der Waals surface area contributed by atoms with Crippen LogP contribution in [0, 0.1) is 0 Å². The third-order valence-corrected chi connectivity index (χ3v) is 1.54. The van der Waals surface area contributed by atoms with E-state index < -0.39 is 17.1 Å².